The highest BCUT2D eigenvalue weighted by molar-refractivity contribution is 5.88. The number of hydrogen-bond donors (Lipinski definition) is 10. The minimum Gasteiger partial charge on any atom is -0.508 e. The van der Waals surface area contributed by atoms with Gasteiger partial charge in [-0.15, -0.1) is 0 Å². The van der Waals surface area contributed by atoms with E-state index >= 15 is 0 Å². The van der Waals surface area contributed by atoms with Crippen LogP contribution in [0.15, 0.2) is 76.0 Å². The van der Waals surface area contributed by atoms with E-state index in [2.05, 4.69) is 0 Å². The van der Waals surface area contributed by atoms with Crippen molar-refractivity contribution in [3.05, 3.63) is 82.5 Å². The molecule has 288 valence electrons. The Morgan fingerprint density at radius 3 is 2.17 bits per heavy atom. The molecule has 18 heteroatoms. The zero-order valence-electron chi connectivity index (χ0n) is 27.9. The quantitative estimate of drug-likeness (QED) is 0.0421. The lowest BCUT2D eigenvalue weighted by molar-refractivity contribution is -0.357. The highest BCUT2D eigenvalue weighted by atomic mass is 16.8. The lowest BCUT2D eigenvalue weighted by Crippen LogP contribution is -2.65. The van der Waals surface area contributed by atoms with Crippen LogP contribution in [0, 0.1) is 0 Å². The van der Waals surface area contributed by atoms with Crippen LogP contribution in [-0.2, 0) is 18.9 Å². The molecule has 11 N–H and O–H groups in total. The predicted molar refractivity (Wildman–Crippen MR) is 182 cm³/mol. The molecule has 2 aromatic rings. The highest BCUT2D eigenvalue weighted by Crippen LogP contribution is 2.43. The Bertz CT molecular complexity index is 1990. The summed E-state index contributed by atoms with van der Waals surface area (Å²) >= 11 is 0. The number of aliphatic hydroxyl groups excluding tert-OH is 6. The van der Waals surface area contributed by atoms with Gasteiger partial charge in [0.05, 0.1) is 18.2 Å². The summed E-state index contributed by atoms with van der Waals surface area (Å²) in [5.74, 6) is -2.80. The molecule has 0 unspecified atom stereocenters. The summed E-state index contributed by atoms with van der Waals surface area (Å²) in [5, 5.41) is 104. The number of hydrogen-bond acceptors (Lipinski definition) is 17. The zero-order valence-corrected chi connectivity index (χ0v) is 27.9. The fourth-order valence-electron chi connectivity index (χ4n) is 5.84. The van der Waals surface area contributed by atoms with Gasteiger partial charge in [-0.05, 0) is 48.0 Å². The molecule has 0 aromatic heterocycles. The Hall–Kier alpha value is -5.28. The van der Waals surface area contributed by atoms with Crippen molar-refractivity contribution in [1.29, 1.82) is 0 Å². The Kier molecular flexibility index (Phi) is 11.4. The van der Waals surface area contributed by atoms with Crippen LogP contribution in [0.4, 0.5) is 0 Å². The molecule has 10 atom stereocenters. The average molecular weight is 758 g/mol. The lowest BCUT2D eigenvalue weighted by atomic mass is 9.97. The van der Waals surface area contributed by atoms with Crippen molar-refractivity contribution < 1.29 is 84.0 Å². The minimum atomic E-state index is -1.96. The van der Waals surface area contributed by atoms with E-state index in [4.69, 9.17) is 28.1 Å². The fraction of sp³-hybridized carbons (Fsp3) is 0.333. The molecule has 0 saturated carbocycles. The van der Waals surface area contributed by atoms with E-state index in [1.807, 2.05) is 0 Å². The van der Waals surface area contributed by atoms with E-state index in [1.54, 1.807) is 12.1 Å². The van der Waals surface area contributed by atoms with Crippen molar-refractivity contribution in [2.75, 3.05) is 13.2 Å². The van der Waals surface area contributed by atoms with Gasteiger partial charge in [0.25, 0.3) is 0 Å². The number of carbonyl (C=O) groups excluding carboxylic acids is 1. The van der Waals surface area contributed by atoms with Crippen molar-refractivity contribution in [2.24, 2.45) is 0 Å². The summed E-state index contributed by atoms with van der Waals surface area (Å²) in [6.07, 6.45) is -15.2. The van der Waals surface area contributed by atoms with Gasteiger partial charge in [-0.3, -0.25) is 4.79 Å². The molecule has 1 aliphatic carbocycles. The highest BCUT2D eigenvalue weighted by Gasteiger charge is 2.52. The van der Waals surface area contributed by atoms with Gasteiger partial charge in [0.2, 0.25) is 12.9 Å². The van der Waals surface area contributed by atoms with E-state index < -0.39 is 103 Å². The average Bonchev–Trinajstić information content (AvgIpc) is 3.14. The Labute approximate surface area is 304 Å². The number of phenolic OH excluding ortho intramolecular Hbond substituents is 4. The monoisotopic (exact) mass is 757 g/mol. The van der Waals surface area contributed by atoms with Crippen molar-refractivity contribution in [3.8, 4) is 51.4 Å². The largest absolute Gasteiger partial charge is 0.510 e. The molecule has 3 heterocycles. The van der Waals surface area contributed by atoms with Crippen molar-refractivity contribution in [2.45, 2.75) is 61.4 Å². The van der Waals surface area contributed by atoms with E-state index in [9.17, 15) is 60.7 Å². The van der Waals surface area contributed by atoms with Gasteiger partial charge in [0.1, 0.15) is 53.9 Å². The maximum atomic E-state index is 12.2. The third kappa shape index (κ3) is 8.11. The van der Waals surface area contributed by atoms with E-state index in [1.165, 1.54) is 36.4 Å². The molecule has 0 radical (unpaired) electrons. The number of aliphatic hydroxyl groups is 6. The van der Waals surface area contributed by atoms with E-state index in [0.29, 0.717) is 5.56 Å². The van der Waals surface area contributed by atoms with Crippen LogP contribution in [0.3, 0.4) is 0 Å². The predicted octanol–water partition coefficient (Wildman–Crippen LogP) is -0.523. The summed E-state index contributed by atoms with van der Waals surface area (Å²) in [4.78, 5) is 22.6. The van der Waals surface area contributed by atoms with Crippen LogP contribution >= 0.6 is 0 Å². The van der Waals surface area contributed by atoms with Crippen LogP contribution in [-0.4, -0.2) is 136 Å². The van der Waals surface area contributed by atoms with Crippen molar-refractivity contribution >= 4 is 12.0 Å². The third-order valence-corrected chi connectivity index (χ3v) is 8.78. The molecule has 3 aliphatic heterocycles. The second kappa shape index (κ2) is 16.0. The number of ether oxygens (including phenoxy) is 5. The molecule has 4 aliphatic rings. The first-order valence-electron chi connectivity index (χ1n) is 16.4. The van der Waals surface area contributed by atoms with E-state index in [-0.39, 0.29) is 34.1 Å². The smallest absolute Gasteiger partial charge is 0.508 e. The number of fused-ring (bicyclic) bond motifs is 1. The van der Waals surface area contributed by atoms with E-state index in [0.717, 1.165) is 24.3 Å². The van der Waals surface area contributed by atoms with Crippen LogP contribution in [0.5, 0.6) is 28.7 Å². The van der Waals surface area contributed by atoms with Crippen LogP contribution in [0.25, 0.3) is 28.7 Å². The molecule has 2 fully saturated rings. The molecule has 2 saturated heterocycles. The molecule has 0 spiro atoms. The van der Waals surface area contributed by atoms with Crippen LogP contribution in [0.1, 0.15) is 5.56 Å². The number of phenols is 4. The number of rotatable bonds is 10. The first-order valence-corrected chi connectivity index (χ1v) is 16.4. The minimum absolute atomic E-state index is 0.0308. The fourth-order valence-corrected chi connectivity index (χ4v) is 5.84. The number of aromatic hydroxyl groups is 4. The van der Waals surface area contributed by atoms with Crippen molar-refractivity contribution in [1.82, 2.24) is 0 Å². The molecule has 54 heavy (non-hydrogen) atoms. The third-order valence-electron chi connectivity index (χ3n) is 8.78. The summed E-state index contributed by atoms with van der Waals surface area (Å²) in [5.41, 5.74) is 0.00283. The summed E-state index contributed by atoms with van der Waals surface area (Å²) < 4.78 is 34.7. The molecule has 2 aromatic carbocycles. The first kappa shape index (κ1) is 38.4. The zero-order chi connectivity index (χ0) is 38.8. The summed E-state index contributed by atoms with van der Waals surface area (Å²) in [7, 11) is 0. The Morgan fingerprint density at radius 2 is 1.46 bits per heavy atom. The van der Waals surface area contributed by atoms with Gasteiger partial charge < -0.3 is 84.0 Å². The number of esters is 1. The molecule has 0 amide bonds. The second-order valence-corrected chi connectivity index (χ2v) is 12.5. The first-order chi connectivity index (χ1) is 25.7. The van der Waals surface area contributed by atoms with Crippen LogP contribution < -0.4 is 10.2 Å². The van der Waals surface area contributed by atoms with Gasteiger partial charge in [-0.1, -0.05) is 12.1 Å². The SMILES string of the molecule is O=c1cc2oc(-c3ccc(O)c(O)c3)c(O[C@@H]3O[C@H](COC(=[OH+])C=Cc4ccc(O)cc4)[C@@H](O)[C@H](O)[C@H]3O[C@@H]3O[C@@H](CO)[C@@H](O)[C@H](O)[C@H]3O)cc-2c(O)c1. The maximum Gasteiger partial charge on any atom is 0.510 e. The summed E-state index contributed by atoms with van der Waals surface area (Å²) in [6, 6.07) is 12.7. The molecular weight excluding hydrogens is 720 g/mol. The maximum absolute atomic E-state index is 12.2. The molecular formula is C36H37O18+. The lowest BCUT2D eigenvalue weighted by Gasteiger charge is -2.45. The van der Waals surface area contributed by atoms with Gasteiger partial charge in [0.15, 0.2) is 46.9 Å². The van der Waals surface area contributed by atoms with Gasteiger partial charge >= 0.3 is 5.97 Å². The van der Waals surface area contributed by atoms with Gasteiger partial charge in [-0.2, -0.15) is 0 Å². The van der Waals surface area contributed by atoms with Gasteiger partial charge in [0, 0.05) is 17.7 Å². The standard InChI is InChI=1S/C36H36O18/c37-13-25-28(44)30(46)32(48)35(52-25)54-34-31(47)29(45)26(14-49-27(43)8-3-15-1-5-17(38)6-2-15)53-36(34)51-24-12-19-21(41)10-18(39)11-23(19)50-33(24)16-4-7-20(40)22(42)9-16/h1-12,25-26,28-32,34-38,40-42,44-48H,13-14H2/p+1/t25-,26+,28+,29+,30-,31-,32+,34+,35-,36+/m0/s1. The Balaban J connectivity index is 1.35. The second-order valence-electron chi connectivity index (χ2n) is 12.5. The topological polar surface area (TPSA) is 300 Å². The molecule has 0 bridgehead atoms. The molecule has 18 nitrogen and oxygen atoms in total. The van der Waals surface area contributed by atoms with Gasteiger partial charge in [-0.25, -0.2) is 0 Å². The normalized spacial score (nSPS) is 28.6. The van der Waals surface area contributed by atoms with Crippen LogP contribution in [0.2, 0.25) is 0 Å². The van der Waals surface area contributed by atoms with Crippen molar-refractivity contribution in [3.63, 3.8) is 0 Å². The number of benzene rings is 3. The Morgan fingerprint density at radius 1 is 0.759 bits per heavy atom. The summed E-state index contributed by atoms with van der Waals surface area (Å²) in [6.45, 7) is -1.42. The molecule has 6 rings (SSSR count).